The van der Waals surface area contributed by atoms with Crippen LogP contribution in [0.2, 0.25) is 0 Å². The Labute approximate surface area is 95.6 Å². The first kappa shape index (κ1) is 12.1. The van der Waals surface area contributed by atoms with E-state index in [-0.39, 0.29) is 0 Å². The van der Waals surface area contributed by atoms with Crippen LogP contribution in [0.25, 0.3) is 0 Å². The molecule has 1 aromatic carbocycles. The van der Waals surface area contributed by atoms with Crippen LogP contribution < -0.4 is 0 Å². The van der Waals surface area contributed by atoms with Crippen molar-refractivity contribution in [2.75, 3.05) is 0 Å². The SMILES string of the molecule is O=[N+]([O-])C([N+](=O)[O-])I(Cl)c1ccccc1. The minimum absolute atomic E-state index is 0.516. The van der Waals surface area contributed by atoms with Crippen molar-refractivity contribution < 1.29 is 9.85 Å². The molecule has 0 saturated carbocycles. The fourth-order valence-electron chi connectivity index (χ4n) is 0.865. The van der Waals surface area contributed by atoms with Crippen molar-refractivity contribution >= 4 is 27.6 Å². The molecule has 0 fully saturated rings. The number of nitrogens with zero attached hydrogens (tertiary/aromatic N) is 2. The second-order valence-corrected chi connectivity index (χ2v) is 8.37. The van der Waals surface area contributed by atoms with Crippen molar-refractivity contribution in [1.29, 1.82) is 0 Å². The molecule has 0 aliphatic heterocycles. The summed E-state index contributed by atoms with van der Waals surface area (Å²) in [6, 6.07) is 8.19. The normalized spacial score (nSPS) is 11.2. The minimum atomic E-state index is -2.90. The molecule has 1 rings (SSSR count). The van der Waals surface area contributed by atoms with Gasteiger partial charge in [0.25, 0.3) is 0 Å². The topological polar surface area (TPSA) is 86.3 Å². The molecule has 0 bridgehead atoms. The fraction of sp³-hybridized carbons (Fsp3) is 0.143. The Kier molecular flexibility index (Phi) is 4.21. The van der Waals surface area contributed by atoms with Crippen molar-refractivity contribution in [2.45, 2.75) is 4.17 Å². The third-order valence-corrected chi connectivity index (χ3v) is 7.35. The van der Waals surface area contributed by atoms with Gasteiger partial charge in [0, 0.05) is 0 Å². The van der Waals surface area contributed by atoms with Crippen LogP contribution in [0.4, 0.5) is 0 Å². The van der Waals surface area contributed by atoms with Gasteiger partial charge in [-0.25, -0.2) is 0 Å². The number of hydrogen-bond acceptors (Lipinski definition) is 4. The summed E-state index contributed by atoms with van der Waals surface area (Å²) in [5.41, 5.74) is 0. The van der Waals surface area contributed by atoms with Gasteiger partial charge in [0.1, 0.15) is 0 Å². The fourth-order valence-corrected chi connectivity index (χ4v) is 4.86. The molecule has 6 nitrogen and oxygen atoms in total. The van der Waals surface area contributed by atoms with Crippen LogP contribution >= 0.6 is 27.6 Å². The van der Waals surface area contributed by atoms with Crippen molar-refractivity contribution in [3.8, 4) is 0 Å². The second-order valence-electron chi connectivity index (χ2n) is 2.44. The first-order chi connectivity index (χ1) is 7.04. The molecule has 0 aliphatic carbocycles. The van der Waals surface area contributed by atoms with E-state index in [1.54, 1.807) is 30.3 Å². The van der Waals surface area contributed by atoms with E-state index in [9.17, 15) is 20.2 Å². The molecule has 82 valence electrons. The van der Waals surface area contributed by atoms with E-state index in [1.807, 2.05) is 0 Å². The van der Waals surface area contributed by atoms with Crippen LogP contribution in [0.1, 0.15) is 0 Å². The predicted octanol–water partition coefficient (Wildman–Crippen LogP) is 2.35. The van der Waals surface area contributed by atoms with Crippen LogP contribution in [0.15, 0.2) is 30.3 Å². The summed E-state index contributed by atoms with van der Waals surface area (Å²) in [7, 11) is 5.84. The Hall–Kier alpha value is -0.960. The molecule has 15 heavy (non-hydrogen) atoms. The molecule has 0 amide bonds. The van der Waals surface area contributed by atoms with Gasteiger partial charge >= 0.3 is 95.7 Å². The van der Waals surface area contributed by atoms with E-state index in [1.165, 1.54) is 0 Å². The third kappa shape index (κ3) is 2.99. The Morgan fingerprint density at radius 2 is 1.60 bits per heavy atom. The number of hydrogen-bond donors (Lipinski definition) is 0. The molecular weight excluding hydrogens is 338 g/mol. The molecule has 0 unspecified atom stereocenters. The zero-order valence-corrected chi connectivity index (χ0v) is 10.2. The monoisotopic (exact) mass is 344 g/mol. The van der Waals surface area contributed by atoms with E-state index >= 15 is 0 Å². The molecule has 0 spiro atoms. The summed E-state index contributed by atoms with van der Waals surface area (Å²) in [6.45, 7) is 0. The summed E-state index contributed by atoms with van der Waals surface area (Å²) in [6.07, 6.45) is 0. The zero-order chi connectivity index (χ0) is 11.4. The van der Waals surface area contributed by atoms with Crippen LogP contribution in [-0.4, -0.2) is 14.0 Å². The number of rotatable bonds is 4. The summed E-state index contributed by atoms with van der Waals surface area (Å²) >= 11 is -2.90. The Balaban J connectivity index is 2.96. The first-order valence-corrected chi connectivity index (χ1v) is 8.76. The summed E-state index contributed by atoms with van der Waals surface area (Å²) in [5.74, 6) is 0. The van der Waals surface area contributed by atoms with Crippen LogP contribution in [0, 0.1) is 23.8 Å². The van der Waals surface area contributed by atoms with Gasteiger partial charge < -0.3 is 0 Å². The van der Waals surface area contributed by atoms with Gasteiger partial charge in [-0.05, 0) is 0 Å². The van der Waals surface area contributed by atoms with Crippen molar-refractivity contribution in [3.05, 3.63) is 54.1 Å². The molecule has 0 aliphatic rings. The third-order valence-electron chi connectivity index (χ3n) is 1.46. The maximum atomic E-state index is 10.5. The summed E-state index contributed by atoms with van der Waals surface area (Å²) in [4.78, 5) is 19.1. The molecule has 1 aromatic rings. The van der Waals surface area contributed by atoms with Gasteiger partial charge in [-0.15, -0.1) is 0 Å². The molecule has 8 heteroatoms. The van der Waals surface area contributed by atoms with Crippen molar-refractivity contribution in [3.63, 3.8) is 0 Å². The summed E-state index contributed by atoms with van der Waals surface area (Å²) < 4.78 is -1.35. The van der Waals surface area contributed by atoms with E-state index in [0.29, 0.717) is 3.57 Å². The van der Waals surface area contributed by atoms with Gasteiger partial charge in [0.15, 0.2) is 0 Å². The number of nitro groups is 2. The van der Waals surface area contributed by atoms with Crippen LogP contribution in [0.3, 0.4) is 0 Å². The second kappa shape index (κ2) is 5.21. The number of halogens is 2. The molecule has 0 saturated heterocycles. The molecule has 0 radical (unpaired) electrons. The van der Waals surface area contributed by atoms with Crippen molar-refractivity contribution in [2.24, 2.45) is 0 Å². The van der Waals surface area contributed by atoms with Crippen LogP contribution in [0.5, 0.6) is 0 Å². The number of benzene rings is 1. The van der Waals surface area contributed by atoms with E-state index in [2.05, 4.69) is 0 Å². The maximum absolute atomic E-state index is 10.5. The molecule has 0 heterocycles. The van der Waals surface area contributed by atoms with Crippen LogP contribution in [-0.2, 0) is 0 Å². The molecule has 0 N–H and O–H groups in total. The molecular formula is C7H6ClIN2O4. The average Bonchev–Trinajstić information content (AvgIpc) is 2.18. The van der Waals surface area contributed by atoms with E-state index in [4.69, 9.17) is 8.91 Å². The Bertz CT molecular complexity index is 361. The zero-order valence-electron chi connectivity index (χ0n) is 7.25. The van der Waals surface area contributed by atoms with E-state index in [0.717, 1.165) is 0 Å². The average molecular weight is 344 g/mol. The number of alkyl halides is 1. The van der Waals surface area contributed by atoms with Gasteiger partial charge in [0.2, 0.25) is 0 Å². The standard InChI is InChI=1S/C7H6ClIN2O4/c8-9(6-4-2-1-3-5-6)7(10(12)13)11(14)15/h1-5,7H. The molecule has 0 atom stereocenters. The van der Waals surface area contributed by atoms with Gasteiger partial charge in [0.05, 0.1) is 0 Å². The van der Waals surface area contributed by atoms with E-state index < -0.39 is 32.7 Å². The Morgan fingerprint density at radius 3 is 2.00 bits per heavy atom. The van der Waals surface area contributed by atoms with Gasteiger partial charge in [-0.1, -0.05) is 0 Å². The molecule has 0 aromatic heterocycles. The van der Waals surface area contributed by atoms with Gasteiger partial charge in [-0.2, -0.15) is 0 Å². The first-order valence-electron chi connectivity index (χ1n) is 3.71. The Morgan fingerprint density at radius 1 is 1.13 bits per heavy atom. The van der Waals surface area contributed by atoms with Gasteiger partial charge in [-0.3, -0.25) is 0 Å². The van der Waals surface area contributed by atoms with Crippen molar-refractivity contribution in [1.82, 2.24) is 0 Å². The quantitative estimate of drug-likeness (QED) is 0.209. The predicted molar refractivity (Wildman–Crippen MR) is 62.8 cm³/mol. The summed E-state index contributed by atoms with van der Waals surface area (Å²) in [5, 5.41) is 20.9.